The summed E-state index contributed by atoms with van der Waals surface area (Å²) in [7, 11) is 0. The molecule has 2 aliphatic rings. The van der Waals surface area contributed by atoms with Gasteiger partial charge in [-0.3, -0.25) is 14.6 Å². The number of aryl methyl sites for hydroxylation is 1. The van der Waals surface area contributed by atoms with Crippen LogP contribution in [0, 0.1) is 12.7 Å². The molecule has 1 aliphatic heterocycles. The van der Waals surface area contributed by atoms with Crippen LogP contribution in [0.25, 0.3) is 22.4 Å². The minimum atomic E-state index is -4.85. The van der Waals surface area contributed by atoms with E-state index in [0.29, 0.717) is 11.3 Å². The summed E-state index contributed by atoms with van der Waals surface area (Å²) in [6, 6.07) is 14.5. The lowest BCUT2D eigenvalue weighted by atomic mass is 9.82. The minimum Gasteiger partial charge on any atom is -0.490 e. The van der Waals surface area contributed by atoms with Gasteiger partial charge in [-0.15, -0.1) is 0 Å². The van der Waals surface area contributed by atoms with Crippen LogP contribution < -0.4 is 20.5 Å². The predicted octanol–water partition coefficient (Wildman–Crippen LogP) is 6.01. The van der Waals surface area contributed by atoms with Gasteiger partial charge >= 0.3 is 6.18 Å². The highest BCUT2D eigenvalue weighted by Gasteiger charge is 2.47. The number of benzene rings is 2. The molecular formula is C34H30F4N4O4. The molecule has 1 aliphatic carbocycles. The number of primary amides is 1. The molecule has 3 heterocycles. The molecule has 0 radical (unpaired) electrons. The van der Waals surface area contributed by atoms with Gasteiger partial charge in [0.05, 0.1) is 11.8 Å². The van der Waals surface area contributed by atoms with Crippen LogP contribution in [-0.2, 0) is 10.2 Å². The number of ether oxygens (including phenoxy) is 2. The number of hydrogen-bond donors (Lipinski definition) is 2. The Morgan fingerprint density at radius 3 is 2.48 bits per heavy atom. The maximum absolute atomic E-state index is 14.7. The summed E-state index contributed by atoms with van der Waals surface area (Å²) in [5.41, 5.74) is 6.43. The molecule has 0 saturated heterocycles. The lowest BCUT2D eigenvalue weighted by Gasteiger charge is -2.24. The van der Waals surface area contributed by atoms with Gasteiger partial charge in [0.25, 0.3) is 5.91 Å². The van der Waals surface area contributed by atoms with Crippen molar-refractivity contribution in [1.29, 1.82) is 0 Å². The van der Waals surface area contributed by atoms with E-state index in [0.717, 1.165) is 42.3 Å². The van der Waals surface area contributed by atoms with Gasteiger partial charge in [0.2, 0.25) is 5.91 Å². The summed E-state index contributed by atoms with van der Waals surface area (Å²) < 4.78 is 69.5. The lowest BCUT2D eigenvalue weighted by Crippen LogP contribution is -2.40. The molecule has 1 saturated carbocycles. The minimum absolute atomic E-state index is 0.00147. The highest BCUT2D eigenvalue weighted by atomic mass is 19.4. The summed E-state index contributed by atoms with van der Waals surface area (Å²) in [6.45, 7) is 2.24. The van der Waals surface area contributed by atoms with Gasteiger partial charge in [-0.05, 0) is 92.9 Å². The molecule has 1 fully saturated rings. The standard InChI is InChI=1S/C34H30F4N4O4/c1-18-13-20(11-12-40-18)24-14-21(5-10-28(24)46-23-8-9-23)31(43)41-16-26(34(36,37)38)27-15-25-30(45-17-33(25,2)32(39)44)29(42-27)19-3-6-22(35)7-4-19/h3-7,10-15,23,26H,8-9,16-17H2,1-2H3,(H2,39,44)(H,41,43)/t26-,33+/m1/s1. The smallest absolute Gasteiger partial charge is 0.398 e. The first kappa shape index (κ1) is 31.0. The monoisotopic (exact) mass is 634 g/mol. The average molecular weight is 635 g/mol. The van der Waals surface area contributed by atoms with E-state index in [1.54, 1.807) is 24.4 Å². The number of fused-ring (bicyclic) bond motifs is 1. The molecule has 6 rings (SSSR count). The Morgan fingerprint density at radius 1 is 1.09 bits per heavy atom. The van der Waals surface area contributed by atoms with Crippen LogP contribution >= 0.6 is 0 Å². The van der Waals surface area contributed by atoms with E-state index in [4.69, 9.17) is 15.2 Å². The van der Waals surface area contributed by atoms with Crippen molar-refractivity contribution in [3.8, 4) is 33.9 Å². The second kappa shape index (κ2) is 11.7. The van der Waals surface area contributed by atoms with E-state index >= 15 is 0 Å². The molecular weight excluding hydrogens is 604 g/mol. The molecule has 4 aromatic rings. The first-order chi connectivity index (χ1) is 21.8. The van der Waals surface area contributed by atoms with Crippen molar-refractivity contribution in [2.45, 2.75) is 50.3 Å². The highest BCUT2D eigenvalue weighted by molar-refractivity contribution is 5.96. The Morgan fingerprint density at radius 2 is 1.83 bits per heavy atom. The summed E-state index contributed by atoms with van der Waals surface area (Å²) in [6.07, 6.45) is -1.31. The Balaban J connectivity index is 1.34. The molecule has 8 nitrogen and oxygen atoms in total. The molecule has 2 aromatic carbocycles. The van der Waals surface area contributed by atoms with Gasteiger partial charge in [-0.1, -0.05) is 0 Å². The SMILES string of the molecule is Cc1cc(-c2cc(C(=O)NC[C@H](c3cc4c(c(-c5ccc(F)cc5)n3)OC[C@]4(C)C(N)=O)C(F)(F)F)ccc2OC2CC2)ccn1. The van der Waals surface area contributed by atoms with Crippen LogP contribution in [0.1, 0.15) is 53.0 Å². The number of amides is 2. The molecule has 238 valence electrons. The molecule has 2 atom stereocenters. The molecule has 0 bridgehead atoms. The molecule has 12 heteroatoms. The summed E-state index contributed by atoms with van der Waals surface area (Å²) >= 11 is 0. The number of rotatable bonds is 9. The van der Waals surface area contributed by atoms with Crippen molar-refractivity contribution < 1.29 is 36.6 Å². The van der Waals surface area contributed by atoms with Gasteiger partial charge in [-0.25, -0.2) is 9.37 Å². The molecule has 46 heavy (non-hydrogen) atoms. The molecule has 0 unspecified atom stereocenters. The van der Waals surface area contributed by atoms with Crippen LogP contribution in [0.15, 0.2) is 66.9 Å². The first-order valence-corrected chi connectivity index (χ1v) is 14.7. The third-order valence-corrected chi connectivity index (χ3v) is 8.24. The lowest BCUT2D eigenvalue weighted by molar-refractivity contribution is -0.149. The highest BCUT2D eigenvalue weighted by Crippen LogP contribution is 2.46. The Hall–Kier alpha value is -5.00. The summed E-state index contributed by atoms with van der Waals surface area (Å²) in [5, 5.41) is 2.42. The average Bonchev–Trinajstić information content (AvgIpc) is 3.77. The number of alkyl halides is 3. The van der Waals surface area contributed by atoms with Crippen molar-refractivity contribution in [2.75, 3.05) is 13.2 Å². The summed E-state index contributed by atoms with van der Waals surface area (Å²) in [5.74, 6) is -3.69. The van der Waals surface area contributed by atoms with Gasteiger partial charge in [0, 0.05) is 40.7 Å². The number of pyridine rings is 2. The molecule has 3 N–H and O–H groups in total. The molecule has 2 aromatic heterocycles. The van der Waals surface area contributed by atoms with Crippen molar-refractivity contribution >= 4 is 11.8 Å². The predicted molar refractivity (Wildman–Crippen MR) is 161 cm³/mol. The van der Waals surface area contributed by atoms with Crippen molar-refractivity contribution in [1.82, 2.24) is 15.3 Å². The number of nitrogens with two attached hydrogens (primary N) is 1. The van der Waals surface area contributed by atoms with E-state index < -0.39 is 47.4 Å². The number of halogens is 4. The van der Waals surface area contributed by atoms with E-state index in [9.17, 15) is 27.2 Å². The third-order valence-electron chi connectivity index (χ3n) is 8.24. The maximum atomic E-state index is 14.7. The number of nitrogens with one attached hydrogen (secondary N) is 1. The van der Waals surface area contributed by atoms with Crippen molar-refractivity contribution in [2.24, 2.45) is 5.73 Å². The largest absolute Gasteiger partial charge is 0.490 e. The van der Waals surface area contributed by atoms with Crippen molar-refractivity contribution in [3.63, 3.8) is 0 Å². The zero-order valence-electron chi connectivity index (χ0n) is 25.0. The fraction of sp³-hybridized carbons (Fsp3) is 0.294. The summed E-state index contributed by atoms with van der Waals surface area (Å²) in [4.78, 5) is 34.3. The van der Waals surface area contributed by atoms with Gasteiger partial charge in [-0.2, -0.15) is 13.2 Å². The van der Waals surface area contributed by atoms with Crippen LogP contribution in [0.2, 0.25) is 0 Å². The number of carbonyl (C=O) groups is 2. The normalized spacial score (nSPS) is 18.0. The second-order valence-electron chi connectivity index (χ2n) is 11.8. The fourth-order valence-corrected chi connectivity index (χ4v) is 5.35. The fourth-order valence-electron chi connectivity index (χ4n) is 5.35. The topological polar surface area (TPSA) is 116 Å². The van der Waals surface area contributed by atoms with E-state index in [-0.39, 0.29) is 40.8 Å². The van der Waals surface area contributed by atoms with E-state index in [2.05, 4.69) is 15.3 Å². The Labute approximate surface area is 262 Å². The van der Waals surface area contributed by atoms with Gasteiger partial charge < -0.3 is 20.5 Å². The molecule has 0 spiro atoms. The quantitative estimate of drug-likeness (QED) is 0.218. The third kappa shape index (κ3) is 6.11. The van der Waals surface area contributed by atoms with Crippen LogP contribution in [0.5, 0.6) is 11.5 Å². The van der Waals surface area contributed by atoms with E-state index in [1.165, 1.54) is 25.1 Å². The van der Waals surface area contributed by atoms with Crippen LogP contribution in [-0.4, -0.2) is 47.2 Å². The first-order valence-electron chi connectivity index (χ1n) is 14.7. The maximum Gasteiger partial charge on any atom is 0.398 e. The van der Waals surface area contributed by atoms with E-state index in [1.807, 2.05) is 13.0 Å². The second-order valence-corrected chi connectivity index (χ2v) is 11.8. The number of hydrogen-bond acceptors (Lipinski definition) is 6. The zero-order chi connectivity index (χ0) is 32.8. The van der Waals surface area contributed by atoms with Crippen molar-refractivity contribution in [3.05, 3.63) is 95.2 Å². The zero-order valence-corrected chi connectivity index (χ0v) is 25.0. The van der Waals surface area contributed by atoms with Crippen LogP contribution in [0.4, 0.5) is 17.6 Å². The van der Waals surface area contributed by atoms with Gasteiger partial charge in [0.15, 0.2) is 0 Å². The number of nitrogens with zero attached hydrogens (tertiary/aromatic N) is 2. The van der Waals surface area contributed by atoms with Gasteiger partial charge in [0.1, 0.15) is 40.9 Å². The Kier molecular flexibility index (Phi) is 7.91. The number of carbonyl (C=O) groups excluding carboxylic acids is 2. The molecule has 2 amide bonds. The Bertz CT molecular complexity index is 1830. The number of aromatic nitrogens is 2. The van der Waals surface area contributed by atoms with Crippen LogP contribution in [0.3, 0.4) is 0 Å².